The van der Waals surface area contributed by atoms with Crippen molar-refractivity contribution in [2.45, 2.75) is 13.0 Å². The number of benzene rings is 1. The van der Waals surface area contributed by atoms with Gasteiger partial charge in [-0.15, -0.1) is 0 Å². The first kappa shape index (κ1) is 11.6. The average molecular weight is 215 g/mol. The van der Waals surface area contributed by atoms with E-state index in [-0.39, 0.29) is 11.3 Å². The second-order valence-electron chi connectivity index (χ2n) is 3.13. The Bertz CT molecular complexity index is 391. The van der Waals surface area contributed by atoms with Crippen LogP contribution in [0.3, 0.4) is 0 Å². The van der Waals surface area contributed by atoms with Crippen LogP contribution in [0.1, 0.15) is 17.3 Å². The summed E-state index contributed by atoms with van der Waals surface area (Å²) < 4.78 is 30.6. The lowest BCUT2D eigenvalue weighted by Crippen LogP contribution is -2.26. The van der Waals surface area contributed by atoms with Gasteiger partial charge in [0.05, 0.1) is 13.2 Å². The highest BCUT2D eigenvalue weighted by atomic mass is 19.2. The lowest BCUT2D eigenvalue weighted by molar-refractivity contribution is 0.0967. The largest absolute Gasteiger partial charge is 0.494 e. The first-order valence-corrected chi connectivity index (χ1v) is 4.30. The van der Waals surface area contributed by atoms with Gasteiger partial charge in [-0.2, -0.15) is 4.39 Å². The molecule has 1 rings (SSSR count). The summed E-state index contributed by atoms with van der Waals surface area (Å²) in [6, 6.07) is 1.17. The van der Waals surface area contributed by atoms with Crippen molar-refractivity contribution in [3.63, 3.8) is 0 Å². The Morgan fingerprint density at radius 1 is 1.47 bits per heavy atom. The van der Waals surface area contributed by atoms with E-state index in [9.17, 15) is 13.6 Å². The molecule has 0 bridgehead atoms. The van der Waals surface area contributed by atoms with Gasteiger partial charge in [0, 0.05) is 5.56 Å². The minimum absolute atomic E-state index is 0.000694. The molecule has 1 aromatic carbocycles. The molecule has 15 heavy (non-hydrogen) atoms. The van der Waals surface area contributed by atoms with Gasteiger partial charge in [0.25, 0.3) is 0 Å². The van der Waals surface area contributed by atoms with E-state index in [2.05, 4.69) is 4.74 Å². The fraction of sp³-hybridized carbons (Fsp3) is 0.300. The van der Waals surface area contributed by atoms with Crippen LogP contribution in [0.15, 0.2) is 12.1 Å². The van der Waals surface area contributed by atoms with E-state index in [1.165, 1.54) is 14.0 Å². The summed E-state index contributed by atoms with van der Waals surface area (Å²) in [5, 5.41) is 0. The number of hydrogen-bond acceptors (Lipinski definition) is 3. The summed E-state index contributed by atoms with van der Waals surface area (Å²) in [5.41, 5.74) is 5.34. The predicted molar refractivity (Wildman–Crippen MR) is 50.9 cm³/mol. The van der Waals surface area contributed by atoms with E-state index in [1.54, 1.807) is 0 Å². The number of rotatable bonds is 3. The maximum atomic E-state index is 13.0. The maximum Gasteiger partial charge on any atom is 0.200 e. The van der Waals surface area contributed by atoms with Gasteiger partial charge >= 0.3 is 0 Å². The van der Waals surface area contributed by atoms with Crippen molar-refractivity contribution in [1.82, 2.24) is 0 Å². The number of carbonyl (C=O) groups excluding carboxylic acids is 1. The molecule has 82 valence electrons. The second kappa shape index (κ2) is 4.35. The van der Waals surface area contributed by atoms with Crippen LogP contribution in [-0.4, -0.2) is 18.9 Å². The maximum absolute atomic E-state index is 13.0. The number of methoxy groups -OCH3 is 1. The predicted octanol–water partition coefficient (Wildman–Crippen LogP) is 1.50. The van der Waals surface area contributed by atoms with Crippen LogP contribution < -0.4 is 10.5 Å². The SMILES string of the molecule is COc1cc(C(=O)C(C)N)cc(F)c1F. The van der Waals surface area contributed by atoms with Crippen LogP contribution in [0.25, 0.3) is 0 Å². The Morgan fingerprint density at radius 2 is 2.07 bits per heavy atom. The third-order valence-electron chi connectivity index (χ3n) is 1.91. The average Bonchev–Trinajstić information content (AvgIpc) is 2.20. The highest BCUT2D eigenvalue weighted by Crippen LogP contribution is 2.22. The molecular formula is C10H11F2NO2. The fourth-order valence-corrected chi connectivity index (χ4v) is 1.12. The van der Waals surface area contributed by atoms with Gasteiger partial charge < -0.3 is 10.5 Å². The molecule has 0 aliphatic carbocycles. The van der Waals surface area contributed by atoms with Crippen molar-refractivity contribution < 1.29 is 18.3 Å². The molecule has 0 aliphatic heterocycles. The molecular weight excluding hydrogens is 204 g/mol. The van der Waals surface area contributed by atoms with Crippen LogP contribution in [-0.2, 0) is 0 Å². The van der Waals surface area contributed by atoms with E-state index < -0.39 is 23.5 Å². The summed E-state index contributed by atoms with van der Waals surface area (Å²) in [7, 11) is 1.19. The molecule has 0 heterocycles. The molecule has 0 spiro atoms. The zero-order valence-corrected chi connectivity index (χ0v) is 8.38. The smallest absolute Gasteiger partial charge is 0.200 e. The third kappa shape index (κ3) is 2.30. The van der Waals surface area contributed by atoms with E-state index in [1.807, 2.05) is 0 Å². The fourth-order valence-electron chi connectivity index (χ4n) is 1.12. The van der Waals surface area contributed by atoms with E-state index >= 15 is 0 Å². The topological polar surface area (TPSA) is 52.3 Å². The number of nitrogens with two attached hydrogens (primary N) is 1. The first-order valence-electron chi connectivity index (χ1n) is 4.30. The molecule has 0 aliphatic rings. The van der Waals surface area contributed by atoms with Gasteiger partial charge in [-0.3, -0.25) is 4.79 Å². The first-order chi connectivity index (χ1) is 6.97. The minimum atomic E-state index is -1.13. The summed E-state index contributed by atoms with van der Waals surface area (Å²) in [6.07, 6.45) is 0. The Labute approximate surface area is 85.8 Å². The molecule has 3 nitrogen and oxygen atoms in total. The normalized spacial score (nSPS) is 12.3. The molecule has 1 atom stereocenters. The Hall–Kier alpha value is -1.49. The van der Waals surface area contributed by atoms with Gasteiger partial charge in [-0.25, -0.2) is 4.39 Å². The number of Topliss-reactive ketones (excluding diaryl/α,β-unsaturated/α-hetero) is 1. The second-order valence-corrected chi connectivity index (χ2v) is 3.13. The molecule has 0 amide bonds. The van der Waals surface area contributed by atoms with E-state index in [4.69, 9.17) is 5.73 Å². The molecule has 1 aromatic rings. The van der Waals surface area contributed by atoms with Gasteiger partial charge in [0.1, 0.15) is 0 Å². The monoisotopic (exact) mass is 215 g/mol. The minimum Gasteiger partial charge on any atom is -0.494 e. The van der Waals surface area contributed by atoms with Crippen molar-refractivity contribution >= 4 is 5.78 Å². The molecule has 0 radical (unpaired) electrons. The molecule has 2 N–H and O–H groups in total. The summed E-state index contributed by atoms with van der Waals surface area (Å²) in [5.74, 6) is -3.01. The standard InChI is InChI=1S/C10H11F2NO2/c1-5(13)10(14)6-3-7(11)9(12)8(4-6)15-2/h3-5H,13H2,1-2H3. The Morgan fingerprint density at radius 3 is 2.53 bits per heavy atom. The van der Waals surface area contributed by atoms with Crippen LogP contribution in [0.5, 0.6) is 5.75 Å². The number of hydrogen-bond donors (Lipinski definition) is 1. The molecule has 0 saturated heterocycles. The summed E-state index contributed by atoms with van der Waals surface area (Å²) in [4.78, 5) is 11.4. The van der Waals surface area contributed by atoms with E-state index in [0.29, 0.717) is 0 Å². The van der Waals surface area contributed by atoms with Crippen LogP contribution in [0.4, 0.5) is 8.78 Å². The molecule has 1 unspecified atom stereocenters. The number of carbonyl (C=O) groups is 1. The zero-order valence-electron chi connectivity index (χ0n) is 8.38. The van der Waals surface area contributed by atoms with Crippen LogP contribution in [0.2, 0.25) is 0 Å². The lowest BCUT2D eigenvalue weighted by atomic mass is 10.1. The summed E-state index contributed by atoms with van der Waals surface area (Å²) in [6.45, 7) is 1.47. The van der Waals surface area contributed by atoms with E-state index in [0.717, 1.165) is 12.1 Å². The van der Waals surface area contributed by atoms with Crippen LogP contribution >= 0.6 is 0 Å². The quantitative estimate of drug-likeness (QED) is 0.777. The highest BCUT2D eigenvalue weighted by Gasteiger charge is 2.17. The van der Waals surface area contributed by atoms with Gasteiger partial charge in [0.2, 0.25) is 5.82 Å². The van der Waals surface area contributed by atoms with Crippen molar-refractivity contribution in [3.8, 4) is 5.75 Å². The van der Waals surface area contributed by atoms with Crippen molar-refractivity contribution in [2.24, 2.45) is 5.73 Å². The number of halogens is 2. The van der Waals surface area contributed by atoms with Gasteiger partial charge in [-0.05, 0) is 19.1 Å². The van der Waals surface area contributed by atoms with Gasteiger partial charge in [0.15, 0.2) is 17.3 Å². The molecule has 0 fully saturated rings. The molecule has 0 aromatic heterocycles. The van der Waals surface area contributed by atoms with Crippen molar-refractivity contribution in [1.29, 1.82) is 0 Å². The zero-order chi connectivity index (χ0) is 11.6. The van der Waals surface area contributed by atoms with Crippen LogP contribution in [0, 0.1) is 11.6 Å². The molecule has 5 heteroatoms. The van der Waals surface area contributed by atoms with Crippen molar-refractivity contribution in [3.05, 3.63) is 29.3 Å². The Kier molecular flexibility index (Phi) is 3.36. The number of ketones is 1. The highest BCUT2D eigenvalue weighted by molar-refractivity contribution is 6.00. The third-order valence-corrected chi connectivity index (χ3v) is 1.91. The Balaban J connectivity index is 3.22. The summed E-state index contributed by atoms with van der Waals surface area (Å²) >= 11 is 0. The lowest BCUT2D eigenvalue weighted by Gasteiger charge is -2.08. The number of ether oxygens (including phenoxy) is 1. The molecule has 0 saturated carbocycles. The van der Waals surface area contributed by atoms with Crippen molar-refractivity contribution in [2.75, 3.05) is 7.11 Å². The van der Waals surface area contributed by atoms with Gasteiger partial charge in [-0.1, -0.05) is 0 Å².